The molecular formula is C20H20N4O. The Kier molecular flexibility index (Phi) is 5.61. The van der Waals surface area contributed by atoms with Gasteiger partial charge in [0.2, 0.25) is 0 Å². The van der Waals surface area contributed by atoms with Crippen molar-refractivity contribution in [2.24, 2.45) is 0 Å². The van der Waals surface area contributed by atoms with Gasteiger partial charge in [0.05, 0.1) is 6.33 Å². The SMILES string of the molecule is O=C(NC/C=C/c1ccc(Cc2cnc[nH]2)cc1)Nc1ccccc1. The molecule has 3 N–H and O–H groups in total. The van der Waals surface area contributed by atoms with E-state index in [0.717, 1.165) is 23.4 Å². The Balaban J connectivity index is 1.43. The molecule has 0 saturated carbocycles. The summed E-state index contributed by atoms with van der Waals surface area (Å²) >= 11 is 0. The molecule has 0 aliphatic carbocycles. The van der Waals surface area contributed by atoms with Gasteiger partial charge in [-0.3, -0.25) is 0 Å². The van der Waals surface area contributed by atoms with Gasteiger partial charge in [0, 0.05) is 30.5 Å². The molecule has 0 aliphatic heterocycles. The number of benzene rings is 2. The van der Waals surface area contributed by atoms with Gasteiger partial charge < -0.3 is 15.6 Å². The van der Waals surface area contributed by atoms with Crippen molar-refractivity contribution >= 4 is 17.8 Å². The Morgan fingerprint density at radius 3 is 2.60 bits per heavy atom. The number of H-pyrrole nitrogens is 1. The van der Waals surface area contributed by atoms with Crippen LogP contribution in [0.5, 0.6) is 0 Å². The number of rotatable bonds is 6. The quantitative estimate of drug-likeness (QED) is 0.642. The first kappa shape index (κ1) is 16.5. The summed E-state index contributed by atoms with van der Waals surface area (Å²) in [4.78, 5) is 18.9. The molecule has 0 atom stereocenters. The zero-order valence-electron chi connectivity index (χ0n) is 13.8. The second-order valence-corrected chi connectivity index (χ2v) is 5.60. The van der Waals surface area contributed by atoms with E-state index < -0.39 is 0 Å². The van der Waals surface area contributed by atoms with Gasteiger partial charge in [0.15, 0.2) is 0 Å². The van der Waals surface area contributed by atoms with Crippen molar-refractivity contribution in [2.45, 2.75) is 6.42 Å². The van der Waals surface area contributed by atoms with Crippen molar-refractivity contribution in [1.82, 2.24) is 15.3 Å². The number of hydrogen-bond acceptors (Lipinski definition) is 2. The van der Waals surface area contributed by atoms with Crippen molar-refractivity contribution < 1.29 is 4.79 Å². The Hall–Kier alpha value is -3.34. The molecule has 0 spiro atoms. The number of nitrogens with one attached hydrogen (secondary N) is 3. The van der Waals surface area contributed by atoms with Gasteiger partial charge in [0.25, 0.3) is 0 Å². The molecule has 0 radical (unpaired) electrons. The van der Waals surface area contributed by atoms with E-state index in [0.29, 0.717) is 6.54 Å². The topological polar surface area (TPSA) is 69.8 Å². The Bertz CT molecular complexity index is 809. The number of imidazole rings is 1. The van der Waals surface area contributed by atoms with E-state index >= 15 is 0 Å². The van der Waals surface area contributed by atoms with Gasteiger partial charge >= 0.3 is 6.03 Å². The van der Waals surface area contributed by atoms with E-state index in [2.05, 4.69) is 44.9 Å². The molecule has 0 bridgehead atoms. The van der Waals surface area contributed by atoms with Gasteiger partial charge in [-0.15, -0.1) is 0 Å². The summed E-state index contributed by atoms with van der Waals surface area (Å²) in [6.45, 7) is 0.467. The summed E-state index contributed by atoms with van der Waals surface area (Å²) in [5.41, 5.74) is 4.19. The smallest absolute Gasteiger partial charge is 0.319 e. The van der Waals surface area contributed by atoms with Gasteiger partial charge in [-0.2, -0.15) is 0 Å². The second kappa shape index (κ2) is 8.49. The molecule has 2 amide bonds. The van der Waals surface area contributed by atoms with E-state index in [1.807, 2.05) is 48.7 Å². The zero-order chi connectivity index (χ0) is 17.3. The van der Waals surface area contributed by atoms with Crippen LogP contribution in [0.1, 0.15) is 16.8 Å². The fourth-order valence-electron chi connectivity index (χ4n) is 2.39. The first-order valence-corrected chi connectivity index (χ1v) is 8.12. The number of hydrogen-bond donors (Lipinski definition) is 3. The lowest BCUT2D eigenvalue weighted by Crippen LogP contribution is -2.28. The van der Waals surface area contributed by atoms with Crippen LogP contribution < -0.4 is 10.6 Å². The van der Waals surface area contributed by atoms with E-state index in [1.54, 1.807) is 6.33 Å². The van der Waals surface area contributed by atoms with Crippen LogP contribution >= 0.6 is 0 Å². The normalized spacial score (nSPS) is 10.7. The molecular weight excluding hydrogens is 312 g/mol. The van der Waals surface area contributed by atoms with Crippen LogP contribution in [0.25, 0.3) is 6.08 Å². The lowest BCUT2D eigenvalue weighted by Gasteiger charge is -2.05. The molecule has 25 heavy (non-hydrogen) atoms. The molecule has 3 aromatic rings. The number of para-hydroxylation sites is 1. The Morgan fingerprint density at radius 2 is 1.88 bits per heavy atom. The maximum atomic E-state index is 11.8. The van der Waals surface area contributed by atoms with E-state index in [1.165, 1.54) is 5.56 Å². The lowest BCUT2D eigenvalue weighted by molar-refractivity contribution is 0.253. The third-order valence-corrected chi connectivity index (χ3v) is 3.65. The van der Waals surface area contributed by atoms with Crippen molar-refractivity contribution in [3.8, 4) is 0 Å². The number of carbonyl (C=O) groups excluding carboxylic acids is 1. The first-order chi connectivity index (χ1) is 12.3. The highest BCUT2D eigenvalue weighted by Gasteiger charge is 1.99. The van der Waals surface area contributed by atoms with Crippen LogP contribution in [0.3, 0.4) is 0 Å². The van der Waals surface area contributed by atoms with Crippen LogP contribution in [-0.2, 0) is 6.42 Å². The highest BCUT2D eigenvalue weighted by Crippen LogP contribution is 2.10. The van der Waals surface area contributed by atoms with Crippen LogP contribution in [0.2, 0.25) is 0 Å². The summed E-state index contributed by atoms with van der Waals surface area (Å²) < 4.78 is 0. The van der Waals surface area contributed by atoms with Crippen LogP contribution in [0, 0.1) is 0 Å². The van der Waals surface area contributed by atoms with Crippen molar-refractivity contribution in [3.05, 3.63) is 90.0 Å². The zero-order valence-corrected chi connectivity index (χ0v) is 13.8. The van der Waals surface area contributed by atoms with Gasteiger partial charge in [0.1, 0.15) is 0 Å². The van der Waals surface area contributed by atoms with Gasteiger partial charge in [-0.25, -0.2) is 9.78 Å². The summed E-state index contributed by atoms with van der Waals surface area (Å²) in [5, 5.41) is 5.57. The minimum atomic E-state index is -0.217. The monoisotopic (exact) mass is 332 g/mol. The number of urea groups is 1. The van der Waals surface area contributed by atoms with Gasteiger partial charge in [-0.05, 0) is 23.3 Å². The number of aromatic amines is 1. The van der Waals surface area contributed by atoms with Crippen molar-refractivity contribution in [2.75, 3.05) is 11.9 Å². The molecule has 2 aromatic carbocycles. The highest BCUT2D eigenvalue weighted by atomic mass is 16.2. The maximum Gasteiger partial charge on any atom is 0.319 e. The molecule has 0 fully saturated rings. The number of aromatic nitrogens is 2. The Morgan fingerprint density at radius 1 is 1.08 bits per heavy atom. The predicted molar refractivity (Wildman–Crippen MR) is 100 cm³/mol. The molecule has 126 valence electrons. The minimum Gasteiger partial charge on any atom is -0.348 e. The minimum absolute atomic E-state index is 0.217. The number of amides is 2. The summed E-state index contributed by atoms with van der Waals surface area (Å²) in [6.07, 6.45) is 8.27. The van der Waals surface area contributed by atoms with E-state index in [-0.39, 0.29) is 6.03 Å². The molecule has 0 unspecified atom stereocenters. The van der Waals surface area contributed by atoms with E-state index in [9.17, 15) is 4.79 Å². The molecule has 1 aromatic heterocycles. The molecule has 0 aliphatic rings. The first-order valence-electron chi connectivity index (χ1n) is 8.12. The average molecular weight is 332 g/mol. The number of anilines is 1. The summed E-state index contributed by atoms with van der Waals surface area (Å²) in [5.74, 6) is 0. The highest BCUT2D eigenvalue weighted by molar-refractivity contribution is 5.89. The maximum absolute atomic E-state index is 11.8. The fourth-order valence-corrected chi connectivity index (χ4v) is 2.39. The fraction of sp³-hybridized carbons (Fsp3) is 0.100. The van der Waals surface area contributed by atoms with Crippen LogP contribution in [0.4, 0.5) is 10.5 Å². The molecule has 5 nitrogen and oxygen atoms in total. The summed E-state index contributed by atoms with van der Waals surface area (Å²) in [6, 6.07) is 17.5. The standard InChI is InChI=1S/C20H20N4O/c25-20(24-18-6-2-1-3-7-18)22-12-4-5-16-8-10-17(11-9-16)13-19-14-21-15-23-19/h1-11,14-15H,12-13H2,(H,21,23)(H2,22,24,25)/b5-4+. The average Bonchev–Trinajstić information content (AvgIpc) is 3.14. The predicted octanol–water partition coefficient (Wildman–Crippen LogP) is 3.84. The Labute approximate surface area is 146 Å². The molecule has 0 saturated heterocycles. The number of nitrogens with zero attached hydrogens (tertiary/aromatic N) is 1. The van der Waals surface area contributed by atoms with Crippen molar-refractivity contribution in [1.29, 1.82) is 0 Å². The largest absolute Gasteiger partial charge is 0.348 e. The van der Waals surface area contributed by atoms with Gasteiger partial charge in [-0.1, -0.05) is 54.6 Å². The molecule has 5 heteroatoms. The molecule has 1 heterocycles. The second-order valence-electron chi connectivity index (χ2n) is 5.60. The van der Waals surface area contributed by atoms with Crippen LogP contribution in [0.15, 0.2) is 73.2 Å². The number of carbonyl (C=O) groups is 1. The van der Waals surface area contributed by atoms with E-state index in [4.69, 9.17) is 0 Å². The summed E-state index contributed by atoms with van der Waals surface area (Å²) in [7, 11) is 0. The third kappa shape index (κ3) is 5.35. The lowest BCUT2D eigenvalue weighted by atomic mass is 10.1. The molecule has 3 rings (SSSR count). The third-order valence-electron chi connectivity index (χ3n) is 3.65. The van der Waals surface area contributed by atoms with Crippen LogP contribution in [-0.4, -0.2) is 22.5 Å². The van der Waals surface area contributed by atoms with Crippen molar-refractivity contribution in [3.63, 3.8) is 0 Å².